The SMILES string of the molecule is O=C(O)N1[C@@H]2CC[C@H]1C[C@H](N1CCOc3cc(Cl)nnc31)C2. The molecule has 0 unspecified atom stereocenters. The first-order valence-corrected chi connectivity index (χ1v) is 7.95. The van der Waals surface area contributed by atoms with Crippen molar-refractivity contribution in [1.82, 2.24) is 15.1 Å². The smallest absolute Gasteiger partial charge is 0.407 e. The molecule has 4 rings (SSSR count). The van der Waals surface area contributed by atoms with Gasteiger partial charge in [-0.25, -0.2) is 4.79 Å². The van der Waals surface area contributed by atoms with Crippen LogP contribution in [0.25, 0.3) is 0 Å². The maximum atomic E-state index is 11.4. The molecule has 3 aliphatic heterocycles. The Labute approximate surface area is 132 Å². The molecule has 3 atom stereocenters. The maximum Gasteiger partial charge on any atom is 0.407 e. The van der Waals surface area contributed by atoms with Gasteiger partial charge in [-0.05, 0) is 25.7 Å². The Morgan fingerprint density at radius 1 is 1.27 bits per heavy atom. The van der Waals surface area contributed by atoms with Gasteiger partial charge >= 0.3 is 6.09 Å². The number of carbonyl (C=O) groups is 1. The molecule has 0 radical (unpaired) electrons. The molecule has 2 fully saturated rings. The standard InChI is InChI=1S/C14H17ClN4O3/c15-12-7-11-13(17-16-12)18(3-4-22-11)10-5-8-1-2-9(6-10)19(8)14(20)21/h7-10H,1-6H2,(H,20,21)/t8-,9+,10-. The summed E-state index contributed by atoms with van der Waals surface area (Å²) in [6.45, 7) is 1.34. The molecule has 1 N–H and O–H groups in total. The minimum absolute atomic E-state index is 0.118. The number of aromatic nitrogens is 2. The van der Waals surface area contributed by atoms with E-state index in [1.807, 2.05) is 0 Å². The van der Waals surface area contributed by atoms with Crippen LogP contribution in [0.15, 0.2) is 6.07 Å². The largest absolute Gasteiger partial charge is 0.488 e. The van der Waals surface area contributed by atoms with Crippen molar-refractivity contribution in [3.63, 3.8) is 0 Å². The first kappa shape index (κ1) is 13.9. The topological polar surface area (TPSA) is 78.8 Å². The summed E-state index contributed by atoms with van der Waals surface area (Å²) in [7, 11) is 0. The molecule has 118 valence electrons. The Balaban J connectivity index is 1.59. The molecule has 3 aliphatic rings. The summed E-state index contributed by atoms with van der Waals surface area (Å²) in [5.41, 5.74) is 0. The molecule has 2 bridgehead atoms. The first-order chi connectivity index (χ1) is 10.6. The van der Waals surface area contributed by atoms with Gasteiger partial charge in [0, 0.05) is 24.2 Å². The monoisotopic (exact) mass is 324 g/mol. The Kier molecular flexibility index (Phi) is 3.25. The number of halogens is 1. The van der Waals surface area contributed by atoms with Crippen molar-refractivity contribution in [2.45, 2.75) is 43.8 Å². The van der Waals surface area contributed by atoms with Gasteiger partial charge < -0.3 is 19.6 Å². The fourth-order valence-corrected chi connectivity index (χ4v) is 4.22. The van der Waals surface area contributed by atoms with Gasteiger partial charge in [-0.1, -0.05) is 11.6 Å². The van der Waals surface area contributed by atoms with E-state index in [4.69, 9.17) is 16.3 Å². The third-order valence-electron chi connectivity index (χ3n) is 4.94. The normalized spacial score (nSPS) is 30.0. The summed E-state index contributed by atoms with van der Waals surface area (Å²) in [6, 6.07) is 2.21. The molecule has 0 saturated carbocycles. The maximum absolute atomic E-state index is 11.4. The molecular formula is C14H17ClN4O3. The lowest BCUT2D eigenvalue weighted by molar-refractivity contribution is 0.0947. The number of nitrogens with zero attached hydrogens (tertiary/aromatic N) is 4. The van der Waals surface area contributed by atoms with E-state index in [0.29, 0.717) is 17.5 Å². The number of rotatable bonds is 1. The molecule has 1 aromatic rings. The van der Waals surface area contributed by atoms with Gasteiger partial charge in [0.15, 0.2) is 16.7 Å². The molecule has 4 heterocycles. The van der Waals surface area contributed by atoms with Crippen molar-refractivity contribution in [2.24, 2.45) is 0 Å². The highest BCUT2D eigenvalue weighted by Crippen LogP contribution is 2.41. The van der Waals surface area contributed by atoms with Crippen LogP contribution >= 0.6 is 11.6 Å². The van der Waals surface area contributed by atoms with Crippen molar-refractivity contribution in [3.05, 3.63) is 11.2 Å². The Morgan fingerprint density at radius 3 is 2.68 bits per heavy atom. The Morgan fingerprint density at radius 2 is 2.00 bits per heavy atom. The highest BCUT2D eigenvalue weighted by molar-refractivity contribution is 6.29. The van der Waals surface area contributed by atoms with Gasteiger partial charge in [-0.2, -0.15) is 0 Å². The number of carboxylic acid groups (broad SMARTS) is 1. The minimum Gasteiger partial charge on any atom is -0.488 e. The van der Waals surface area contributed by atoms with Crippen molar-refractivity contribution < 1.29 is 14.6 Å². The predicted octanol–water partition coefficient (Wildman–Crippen LogP) is 2.00. The van der Waals surface area contributed by atoms with E-state index in [-0.39, 0.29) is 18.1 Å². The van der Waals surface area contributed by atoms with Gasteiger partial charge in [0.05, 0.1) is 6.54 Å². The zero-order valence-corrected chi connectivity index (χ0v) is 12.7. The predicted molar refractivity (Wildman–Crippen MR) is 79.6 cm³/mol. The molecular weight excluding hydrogens is 308 g/mol. The van der Waals surface area contributed by atoms with Gasteiger partial charge in [-0.3, -0.25) is 0 Å². The van der Waals surface area contributed by atoms with Crippen LogP contribution in [0.5, 0.6) is 5.75 Å². The number of hydrogen-bond donors (Lipinski definition) is 1. The van der Waals surface area contributed by atoms with Crippen LogP contribution in [0.4, 0.5) is 10.6 Å². The van der Waals surface area contributed by atoms with Gasteiger partial charge in [0.1, 0.15) is 6.61 Å². The average Bonchev–Trinajstić information content (AvgIpc) is 2.77. The molecule has 0 aliphatic carbocycles. The molecule has 0 spiro atoms. The van der Waals surface area contributed by atoms with E-state index in [1.54, 1.807) is 11.0 Å². The highest BCUT2D eigenvalue weighted by Gasteiger charge is 2.45. The summed E-state index contributed by atoms with van der Waals surface area (Å²) in [5.74, 6) is 1.39. The summed E-state index contributed by atoms with van der Waals surface area (Å²) < 4.78 is 5.62. The number of fused-ring (bicyclic) bond motifs is 3. The number of anilines is 1. The number of ether oxygens (including phenoxy) is 1. The second kappa shape index (κ2) is 5.15. The number of hydrogen-bond acceptors (Lipinski definition) is 5. The zero-order chi connectivity index (χ0) is 15.3. The Hall–Kier alpha value is -1.76. The molecule has 7 nitrogen and oxygen atoms in total. The fourth-order valence-electron chi connectivity index (χ4n) is 4.08. The van der Waals surface area contributed by atoms with Gasteiger partial charge in [0.2, 0.25) is 0 Å². The van der Waals surface area contributed by atoms with Crippen molar-refractivity contribution in [2.75, 3.05) is 18.1 Å². The van der Waals surface area contributed by atoms with Gasteiger partial charge in [0.25, 0.3) is 0 Å². The van der Waals surface area contributed by atoms with Crippen LogP contribution in [0.1, 0.15) is 25.7 Å². The molecule has 1 amide bonds. The summed E-state index contributed by atoms with van der Waals surface area (Å²) >= 11 is 5.88. The van der Waals surface area contributed by atoms with Crippen LogP contribution in [0, 0.1) is 0 Å². The quantitative estimate of drug-likeness (QED) is 0.851. The Bertz CT molecular complexity index is 600. The summed E-state index contributed by atoms with van der Waals surface area (Å²) in [6.07, 6.45) is 2.80. The highest BCUT2D eigenvalue weighted by atomic mass is 35.5. The van der Waals surface area contributed by atoms with Crippen molar-refractivity contribution in [1.29, 1.82) is 0 Å². The van der Waals surface area contributed by atoms with Crippen LogP contribution < -0.4 is 9.64 Å². The summed E-state index contributed by atoms with van der Waals surface area (Å²) in [5, 5.41) is 17.8. The number of piperidine rings is 1. The molecule has 2 saturated heterocycles. The lowest BCUT2D eigenvalue weighted by Gasteiger charge is -2.43. The van der Waals surface area contributed by atoms with E-state index in [1.165, 1.54) is 0 Å². The first-order valence-electron chi connectivity index (χ1n) is 7.57. The van der Waals surface area contributed by atoms with Crippen LogP contribution in [-0.4, -0.2) is 57.6 Å². The van der Waals surface area contributed by atoms with E-state index in [0.717, 1.165) is 38.0 Å². The van der Waals surface area contributed by atoms with Crippen molar-refractivity contribution >= 4 is 23.5 Å². The third kappa shape index (κ3) is 2.15. The third-order valence-corrected chi connectivity index (χ3v) is 5.13. The summed E-state index contributed by atoms with van der Waals surface area (Å²) in [4.78, 5) is 15.2. The fraction of sp³-hybridized carbons (Fsp3) is 0.643. The minimum atomic E-state index is -0.792. The van der Waals surface area contributed by atoms with Crippen LogP contribution in [0.3, 0.4) is 0 Å². The van der Waals surface area contributed by atoms with E-state index in [9.17, 15) is 9.90 Å². The lowest BCUT2D eigenvalue weighted by Crippen LogP contribution is -2.53. The number of amides is 1. The van der Waals surface area contributed by atoms with E-state index >= 15 is 0 Å². The molecule has 1 aromatic heterocycles. The van der Waals surface area contributed by atoms with Gasteiger partial charge in [-0.15, -0.1) is 10.2 Å². The van der Waals surface area contributed by atoms with Crippen molar-refractivity contribution in [3.8, 4) is 5.75 Å². The van der Waals surface area contributed by atoms with E-state index < -0.39 is 6.09 Å². The second-order valence-corrected chi connectivity index (χ2v) is 6.48. The lowest BCUT2D eigenvalue weighted by atomic mass is 9.96. The van der Waals surface area contributed by atoms with Crippen LogP contribution in [-0.2, 0) is 0 Å². The second-order valence-electron chi connectivity index (χ2n) is 6.10. The van der Waals surface area contributed by atoms with E-state index in [2.05, 4.69) is 15.1 Å². The molecule has 0 aromatic carbocycles. The van der Waals surface area contributed by atoms with Crippen LogP contribution in [0.2, 0.25) is 5.15 Å². The average molecular weight is 325 g/mol. The zero-order valence-electron chi connectivity index (χ0n) is 12.0. The molecule has 8 heteroatoms. The molecule has 22 heavy (non-hydrogen) atoms.